The van der Waals surface area contributed by atoms with Crippen LogP contribution in [0.2, 0.25) is 0 Å². The van der Waals surface area contributed by atoms with Crippen LogP contribution in [0.5, 0.6) is 11.5 Å². The van der Waals surface area contributed by atoms with E-state index in [-0.39, 0.29) is 12.5 Å². The molecule has 30 heavy (non-hydrogen) atoms. The third-order valence-electron chi connectivity index (χ3n) is 3.56. The summed E-state index contributed by atoms with van der Waals surface area (Å²) >= 11 is 5.51. The number of carbonyl (C=O) groups is 2. The lowest BCUT2D eigenvalue weighted by Crippen LogP contribution is -2.24. The van der Waals surface area contributed by atoms with Crippen molar-refractivity contribution in [2.24, 2.45) is 5.10 Å². The van der Waals surface area contributed by atoms with Crippen LogP contribution in [-0.4, -0.2) is 30.7 Å². The number of ether oxygens (including phenoxy) is 2. The van der Waals surface area contributed by atoms with E-state index >= 15 is 0 Å². The van der Waals surface area contributed by atoms with Gasteiger partial charge in [0.15, 0.2) is 11.5 Å². The number of nitrogens with one attached hydrogen (secondary N) is 2. The molecule has 0 radical (unpaired) electrons. The van der Waals surface area contributed by atoms with E-state index < -0.39 is 11.8 Å². The van der Waals surface area contributed by atoms with Crippen LogP contribution in [-0.2, 0) is 9.59 Å². The Morgan fingerprint density at radius 1 is 1.23 bits per heavy atom. The summed E-state index contributed by atoms with van der Waals surface area (Å²) < 4.78 is 13.1. The first kappa shape index (κ1) is 24.1. The van der Waals surface area contributed by atoms with Gasteiger partial charge in [0, 0.05) is 4.47 Å². The fourth-order valence-electron chi connectivity index (χ4n) is 2.40. The average Bonchev–Trinajstić information content (AvgIpc) is 2.66. The van der Waals surface area contributed by atoms with Crippen LogP contribution >= 0.6 is 38.5 Å². The van der Waals surface area contributed by atoms with Crippen molar-refractivity contribution in [1.29, 1.82) is 0 Å². The van der Waals surface area contributed by atoms with Gasteiger partial charge in [-0.3, -0.25) is 9.59 Å². The highest BCUT2D eigenvalue weighted by Gasteiger charge is 2.14. The second kappa shape index (κ2) is 11.9. The molecule has 2 aromatic rings. The molecule has 0 atom stereocenters. The Labute approximate surface area is 197 Å². The SMILES string of the molecule is CCOc1cc(C=NNC(=O)CC(=O)Nc2ccccc2Br)cc(I)c1OC(C)C. The van der Waals surface area contributed by atoms with Gasteiger partial charge in [0.25, 0.3) is 0 Å². The molecule has 2 amide bonds. The molecule has 0 saturated heterocycles. The van der Waals surface area contributed by atoms with Crippen molar-refractivity contribution < 1.29 is 19.1 Å². The molecule has 0 bridgehead atoms. The number of hydrazone groups is 1. The molecule has 2 rings (SSSR count). The van der Waals surface area contributed by atoms with Gasteiger partial charge < -0.3 is 14.8 Å². The maximum absolute atomic E-state index is 12.0. The fraction of sp³-hybridized carbons (Fsp3) is 0.286. The van der Waals surface area contributed by atoms with Gasteiger partial charge in [0.1, 0.15) is 6.42 Å². The third kappa shape index (κ3) is 7.60. The first-order valence-electron chi connectivity index (χ1n) is 9.29. The van der Waals surface area contributed by atoms with Gasteiger partial charge in [0.2, 0.25) is 11.8 Å². The molecule has 2 aromatic carbocycles. The second-order valence-electron chi connectivity index (χ2n) is 6.43. The first-order chi connectivity index (χ1) is 14.3. The molecule has 0 aromatic heterocycles. The lowest BCUT2D eigenvalue weighted by molar-refractivity contribution is -0.126. The standard InChI is InChI=1S/C21H23BrIN3O4/c1-4-29-18-10-14(9-16(23)21(18)30-13(2)3)12-24-26-20(28)11-19(27)25-17-8-6-5-7-15(17)22/h5-10,12-13H,4,11H2,1-3H3,(H,25,27)(H,26,28). The Balaban J connectivity index is 1.97. The summed E-state index contributed by atoms with van der Waals surface area (Å²) in [7, 11) is 0. The van der Waals surface area contributed by atoms with Crippen LogP contribution in [0.3, 0.4) is 0 Å². The van der Waals surface area contributed by atoms with Gasteiger partial charge in [0.05, 0.1) is 28.2 Å². The summed E-state index contributed by atoms with van der Waals surface area (Å²) in [6.07, 6.45) is 1.16. The predicted molar refractivity (Wildman–Crippen MR) is 129 cm³/mol. The highest BCUT2D eigenvalue weighted by atomic mass is 127. The topological polar surface area (TPSA) is 89.0 Å². The Kier molecular flexibility index (Phi) is 9.57. The lowest BCUT2D eigenvalue weighted by atomic mass is 10.2. The molecule has 0 spiro atoms. The number of hydrogen-bond acceptors (Lipinski definition) is 5. The molecule has 0 aliphatic carbocycles. The molecule has 9 heteroatoms. The van der Waals surface area contributed by atoms with Gasteiger partial charge in [-0.05, 0) is 89.1 Å². The zero-order chi connectivity index (χ0) is 22.1. The molecule has 0 aliphatic heterocycles. The zero-order valence-electron chi connectivity index (χ0n) is 16.9. The molecule has 2 N–H and O–H groups in total. The molecule has 0 unspecified atom stereocenters. The summed E-state index contributed by atoms with van der Waals surface area (Å²) in [5, 5.41) is 6.61. The van der Waals surface area contributed by atoms with E-state index in [1.807, 2.05) is 32.9 Å². The summed E-state index contributed by atoms with van der Waals surface area (Å²) in [6, 6.07) is 10.8. The van der Waals surface area contributed by atoms with Crippen molar-refractivity contribution in [3.8, 4) is 11.5 Å². The van der Waals surface area contributed by atoms with E-state index in [0.29, 0.717) is 23.8 Å². The smallest absolute Gasteiger partial charge is 0.249 e. The number of benzene rings is 2. The zero-order valence-corrected chi connectivity index (χ0v) is 20.6. The molecule has 0 heterocycles. The number of hydrogen-bond donors (Lipinski definition) is 2. The predicted octanol–water partition coefficient (Wildman–Crippen LogP) is 4.72. The fourth-order valence-corrected chi connectivity index (χ4v) is 3.53. The molecule has 0 aliphatic rings. The highest BCUT2D eigenvalue weighted by Crippen LogP contribution is 2.34. The molecular formula is C21H23BrIN3O4. The Morgan fingerprint density at radius 3 is 2.63 bits per heavy atom. The van der Waals surface area contributed by atoms with Gasteiger partial charge in [-0.25, -0.2) is 5.43 Å². The molecule has 0 saturated carbocycles. The number of para-hydroxylation sites is 1. The monoisotopic (exact) mass is 587 g/mol. The Bertz CT molecular complexity index is 934. The first-order valence-corrected chi connectivity index (χ1v) is 11.2. The minimum Gasteiger partial charge on any atom is -0.490 e. The molecular weight excluding hydrogens is 565 g/mol. The van der Waals surface area contributed by atoms with Crippen molar-refractivity contribution >= 4 is 62.2 Å². The number of nitrogens with zero attached hydrogens (tertiary/aromatic N) is 1. The number of carbonyl (C=O) groups excluding carboxylic acids is 2. The summed E-state index contributed by atoms with van der Waals surface area (Å²) in [4.78, 5) is 24.0. The summed E-state index contributed by atoms with van der Waals surface area (Å²) in [6.45, 7) is 6.28. The largest absolute Gasteiger partial charge is 0.490 e. The van der Waals surface area contributed by atoms with Crippen LogP contribution in [0.1, 0.15) is 32.8 Å². The minimum absolute atomic E-state index is 0.0131. The quantitative estimate of drug-likeness (QED) is 0.192. The number of amides is 2. The van der Waals surface area contributed by atoms with E-state index in [1.54, 1.807) is 24.3 Å². The summed E-state index contributed by atoms with van der Waals surface area (Å²) in [5.41, 5.74) is 3.69. The second-order valence-corrected chi connectivity index (χ2v) is 8.44. The average molecular weight is 588 g/mol. The van der Waals surface area contributed by atoms with Gasteiger partial charge in [-0.15, -0.1) is 0 Å². The van der Waals surface area contributed by atoms with E-state index in [0.717, 1.165) is 13.6 Å². The van der Waals surface area contributed by atoms with Crippen molar-refractivity contribution in [3.05, 3.63) is 50.0 Å². The van der Waals surface area contributed by atoms with Crippen LogP contribution in [0.4, 0.5) is 5.69 Å². The van der Waals surface area contributed by atoms with E-state index in [1.165, 1.54) is 6.21 Å². The number of anilines is 1. The van der Waals surface area contributed by atoms with Gasteiger partial charge in [-0.2, -0.15) is 5.10 Å². The maximum Gasteiger partial charge on any atom is 0.249 e. The molecule has 7 nitrogen and oxygen atoms in total. The van der Waals surface area contributed by atoms with Crippen molar-refractivity contribution in [1.82, 2.24) is 5.43 Å². The Hall–Kier alpha value is -2.14. The maximum atomic E-state index is 12.0. The van der Waals surface area contributed by atoms with E-state index in [2.05, 4.69) is 54.4 Å². The molecule has 160 valence electrons. The summed E-state index contributed by atoms with van der Waals surface area (Å²) in [5.74, 6) is 0.337. The normalized spacial score (nSPS) is 10.9. The molecule has 0 fully saturated rings. The van der Waals surface area contributed by atoms with Crippen molar-refractivity contribution in [3.63, 3.8) is 0 Å². The van der Waals surface area contributed by atoms with Crippen LogP contribution < -0.4 is 20.2 Å². The van der Waals surface area contributed by atoms with Crippen LogP contribution in [0.25, 0.3) is 0 Å². The number of rotatable bonds is 9. The number of halogens is 2. The van der Waals surface area contributed by atoms with E-state index in [4.69, 9.17) is 9.47 Å². The van der Waals surface area contributed by atoms with Crippen LogP contribution in [0, 0.1) is 3.57 Å². The van der Waals surface area contributed by atoms with Crippen molar-refractivity contribution in [2.45, 2.75) is 33.3 Å². The minimum atomic E-state index is -0.518. The van der Waals surface area contributed by atoms with Crippen molar-refractivity contribution in [2.75, 3.05) is 11.9 Å². The van der Waals surface area contributed by atoms with Gasteiger partial charge in [-0.1, -0.05) is 12.1 Å². The highest BCUT2D eigenvalue weighted by molar-refractivity contribution is 14.1. The van der Waals surface area contributed by atoms with E-state index in [9.17, 15) is 9.59 Å². The lowest BCUT2D eigenvalue weighted by Gasteiger charge is -2.16. The Morgan fingerprint density at radius 2 is 1.97 bits per heavy atom. The van der Waals surface area contributed by atoms with Gasteiger partial charge >= 0.3 is 0 Å². The van der Waals surface area contributed by atoms with Crippen LogP contribution in [0.15, 0.2) is 46.0 Å². The third-order valence-corrected chi connectivity index (χ3v) is 5.05.